The molecule has 2 aromatic carbocycles. The number of hydrogen-bond acceptors (Lipinski definition) is 3. The number of aryl methyl sites for hydroxylation is 1. The van der Waals surface area contributed by atoms with Crippen molar-refractivity contribution in [2.24, 2.45) is 0 Å². The Balaban J connectivity index is 2.18. The van der Waals surface area contributed by atoms with Crippen LogP contribution in [0.5, 0.6) is 0 Å². The molecule has 0 aliphatic carbocycles. The summed E-state index contributed by atoms with van der Waals surface area (Å²) in [5.74, 6) is -1.56. The van der Waals surface area contributed by atoms with Crippen molar-refractivity contribution in [3.05, 3.63) is 65.0 Å². The van der Waals surface area contributed by atoms with Gasteiger partial charge in [-0.25, -0.2) is 4.39 Å². The van der Waals surface area contributed by atoms with E-state index in [-0.39, 0.29) is 18.0 Å². The number of benzene rings is 2. The lowest BCUT2D eigenvalue weighted by Gasteiger charge is -2.12. The first-order valence-corrected chi connectivity index (χ1v) is 7.51. The summed E-state index contributed by atoms with van der Waals surface area (Å²) in [6.45, 7) is 3.47. The molecule has 0 saturated carbocycles. The first-order chi connectivity index (χ1) is 11.4. The fourth-order valence-electron chi connectivity index (χ4n) is 2.08. The zero-order chi connectivity index (χ0) is 17.7. The van der Waals surface area contributed by atoms with Gasteiger partial charge in [-0.2, -0.15) is 0 Å². The van der Waals surface area contributed by atoms with E-state index in [0.29, 0.717) is 11.3 Å². The molecule has 126 valence electrons. The summed E-state index contributed by atoms with van der Waals surface area (Å²) in [6, 6.07) is 10.5. The molecule has 0 radical (unpaired) electrons. The number of halogens is 1. The van der Waals surface area contributed by atoms with Crippen molar-refractivity contribution in [1.29, 1.82) is 0 Å². The minimum atomic E-state index is -0.653. The average Bonchev–Trinajstić information content (AvgIpc) is 2.54. The molecule has 1 unspecified atom stereocenters. The number of anilines is 1. The smallest absolute Gasteiger partial charge is 0.258 e. The predicted octanol–water partition coefficient (Wildman–Crippen LogP) is 2.50. The van der Waals surface area contributed by atoms with E-state index < -0.39 is 17.8 Å². The maximum absolute atomic E-state index is 13.7. The van der Waals surface area contributed by atoms with Crippen molar-refractivity contribution < 1.29 is 19.1 Å². The summed E-state index contributed by atoms with van der Waals surface area (Å²) in [7, 11) is 0. The van der Waals surface area contributed by atoms with Gasteiger partial charge in [-0.05, 0) is 43.7 Å². The number of aliphatic hydroxyl groups excluding tert-OH is 1. The molecule has 0 spiro atoms. The van der Waals surface area contributed by atoms with Gasteiger partial charge in [0.1, 0.15) is 5.82 Å². The topological polar surface area (TPSA) is 78.4 Å². The monoisotopic (exact) mass is 330 g/mol. The van der Waals surface area contributed by atoms with Crippen molar-refractivity contribution in [2.75, 3.05) is 11.9 Å². The maximum atomic E-state index is 13.7. The second-order valence-electron chi connectivity index (χ2n) is 5.52. The van der Waals surface area contributed by atoms with Gasteiger partial charge in [-0.1, -0.05) is 18.2 Å². The highest BCUT2D eigenvalue weighted by atomic mass is 19.1. The Kier molecular flexibility index (Phi) is 5.65. The van der Waals surface area contributed by atoms with Crippen LogP contribution in [0, 0.1) is 12.7 Å². The van der Waals surface area contributed by atoms with Gasteiger partial charge >= 0.3 is 0 Å². The van der Waals surface area contributed by atoms with E-state index in [1.807, 2.05) is 0 Å². The average molecular weight is 330 g/mol. The van der Waals surface area contributed by atoms with E-state index in [2.05, 4.69) is 10.6 Å². The SMILES string of the molecule is Cc1ccc(C(=O)NCC(C)O)cc1NC(=O)c1ccccc1F. The van der Waals surface area contributed by atoms with E-state index in [1.165, 1.54) is 24.3 Å². The molecule has 2 rings (SSSR count). The quantitative estimate of drug-likeness (QED) is 0.788. The normalized spacial score (nSPS) is 11.7. The summed E-state index contributed by atoms with van der Waals surface area (Å²) in [4.78, 5) is 24.2. The summed E-state index contributed by atoms with van der Waals surface area (Å²) < 4.78 is 13.7. The van der Waals surface area contributed by atoms with Crippen molar-refractivity contribution in [2.45, 2.75) is 20.0 Å². The number of amides is 2. The molecule has 0 aliphatic rings. The molecular formula is C18H19FN2O3. The standard InChI is InChI=1S/C18H19FN2O3/c1-11-7-8-13(17(23)20-10-12(2)22)9-16(11)21-18(24)14-5-3-4-6-15(14)19/h3-9,12,22H,10H2,1-2H3,(H,20,23)(H,21,24). The minimum Gasteiger partial charge on any atom is -0.392 e. The third kappa shape index (κ3) is 4.39. The van der Waals surface area contributed by atoms with Gasteiger partial charge in [0.2, 0.25) is 0 Å². The Bertz CT molecular complexity index is 760. The van der Waals surface area contributed by atoms with Crippen molar-refractivity contribution in [3.63, 3.8) is 0 Å². The van der Waals surface area contributed by atoms with E-state index in [1.54, 1.807) is 32.0 Å². The lowest BCUT2D eigenvalue weighted by atomic mass is 10.1. The fraction of sp³-hybridized carbons (Fsp3) is 0.222. The van der Waals surface area contributed by atoms with Crippen LogP contribution in [-0.4, -0.2) is 29.6 Å². The molecule has 3 N–H and O–H groups in total. The zero-order valence-corrected chi connectivity index (χ0v) is 13.5. The van der Waals surface area contributed by atoms with Gasteiger partial charge in [0.25, 0.3) is 11.8 Å². The highest BCUT2D eigenvalue weighted by Gasteiger charge is 2.14. The van der Waals surface area contributed by atoms with Gasteiger partial charge in [-0.3, -0.25) is 9.59 Å². The molecule has 6 heteroatoms. The lowest BCUT2D eigenvalue weighted by Crippen LogP contribution is -2.30. The molecule has 2 aromatic rings. The Morgan fingerprint density at radius 1 is 1.17 bits per heavy atom. The number of hydrogen-bond donors (Lipinski definition) is 3. The van der Waals surface area contributed by atoms with Gasteiger partial charge < -0.3 is 15.7 Å². The lowest BCUT2D eigenvalue weighted by molar-refractivity contribution is 0.0923. The maximum Gasteiger partial charge on any atom is 0.258 e. The summed E-state index contributed by atoms with van der Waals surface area (Å²) in [5, 5.41) is 14.4. The molecule has 0 heterocycles. The third-order valence-corrected chi connectivity index (χ3v) is 3.42. The largest absolute Gasteiger partial charge is 0.392 e. The Hall–Kier alpha value is -2.73. The van der Waals surface area contributed by atoms with Crippen molar-refractivity contribution in [1.82, 2.24) is 5.32 Å². The highest BCUT2D eigenvalue weighted by Crippen LogP contribution is 2.19. The Morgan fingerprint density at radius 3 is 2.54 bits per heavy atom. The molecule has 0 aromatic heterocycles. The number of rotatable bonds is 5. The molecule has 0 aliphatic heterocycles. The molecule has 0 saturated heterocycles. The highest BCUT2D eigenvalue weighted by molar-refractivity contribution is 6.05. The summed E-state index contributed by atoms with van der Waals surface area (Å²) in [6.07, 6.45) is -0.653. The van der Waals surface area contributed by atoms with E-state index >= 15 is 0 Å². The number of carbonyl (C=O) groups is 2. The van der Waals surface area contributed by atoms with E-state index in [9.17, 15) is 19.1 Å². The van der Waals surface area contributed by atoms with Gasteiger partial charge in [0.15, 0.2) is 0 Å². The van der Waals surface area contributed by atoms with Crippen LogP contribution < -0.4 is 10.6 Å². The van der Waals surface area contributed by atoms with Crippen LogP contribution in [0.25, 0.3) is 0 Å². The van der Waals surface area contributed by atoms with Crippen LogP contribution in [0.1, 0.15) is 33.2 Å². The first-order valence-electron chi connectivity index (χ1n) is 7.51. The van der Waals surface area contributed by atoms with Gasteiger partial charge in [-0.15, -0.1) is 0 Å². The van der Waals surface area contributed by atoms with Gasteiger partial charge in [0, 0.05) is 17.8 Å². The molecule has 0 fully saturated rings. The second-order valence-corrected chi connectivity index (χ2v) is 5.52. The minimum absolute atomic E-state index is 0.0686. The van der Waals surface area contributed by atoms with Crippen LogP contribution >= 0.6 is 0 Å². The molecule has 2 amide bonds. The van der Waals surface area contributed by atoms with Crippen LogP contribution in [0.15, 0.2) is 42.5 Å². The Morgan fingerprint density at radius 2 is 1.88 bits per heavy atom. The van der Waals surface area contributed by atoms with Crippen molar-refractivity contribution >= 4 is 17.5 Å². The molecule has 1 atom stereocenters. The number of nitrogens with one attached hydrogen (secondary N) is 2. The predicted molar refractivity (Wildman–Crippen MR) is 89.5 cm³/mol. The first kappa shape index (κ1) is 17.6. The third-order valence-electron chi connectivity index (χ3n) is 3.42. The molecule has 24 heavy (non-hydrogen) atoms. The van der Waals surface area contributed by atoms with E-state index in [4.69, 9.17) is 0 Å². The fourth-order valence-corrected chi connectivity index (χ4v) is 2.08. The van der Waals surface area contributed by atoms with Crippen molar-refractivity contribution in [3.8, 4) is 0 Å². The number of carbonyl (C=O) groups excluding carboxylic acids is 2. The zero-order valence-electron chi connectivity index (χ0n) is 13.5. The molecule has 5 nitrogen and oxygen atoms in total. The Labute approximate surface area is 139 Å². The van der Waals surface area contributed by atoms with Crippen LogP contribution in [-0.2, 0) is 0 Å². The van der Waals surface area contributed by atoms with Crippen LogP contribution in [0.4, 0.5) is 10.1 Å². The molecule has 0 bridgehead atoms. The molecular weight excluding hydrogens is 311 g/mol. The van der Waals surface area contributed by atoms with Gasteiger partial charge in [0.05, 0.1) is 11.7 Å². The van der Waals surface area contributed by atoms with E-state index in [0.717, 1.165) is 5.56 Å². The summed E-state index contributed by atoms with van der Waals surface area (Å²) >= 11 is 0. The summed E-state index contributed by atoms with van der Waals surface area (Å²) in [5.41, 5.74) is 1.44. The van der Waals surface area contributed by atoms with Crippen LogP contribution in [0.2, 0.25) is 0 Å². The number of aliphatic hydroxyl groups is 1. The second kappa shape index (κ2) is 7.70. The van der Waals surface area contributed by atoms with Crippen LogP contribution in [0.3, 0.4) is 0 Å².